The van der Waals surface area contributed by atoms with Gasteiger partial charge in [0.15, 0.2) is 0 Å². The number of H-pyrrole nitrogens is 1. The first-order chi connectivity index (χ1) is 8.08. The van der Waals surface area contributed by atoms with Gasteiger partial charge < -0.3 is 5.32 Å². The largest absolute Gasteiger partial charge is 0.320 e. The number of amides is 1. The van der Waals surface area contributed by atoms with E-state index < -0.39 is 0 Å². The van der Waals surface area contributed by atoms with E-state index in [1.54, 1.807) is 6.20 Å². The number of anilines is 1. The van der Waals surface area contributed by atoms with Gasteiger partial charge in [-0.3, -0.25) is 9.89 Å². The van der Waals surface area contributed by atoms with Crippen molar-refractivity contribution >= 4 is 11.6 Å². The van der Waals surface area contributed by atoms with E-state index in [0.717, 1.165) is 16.8 Å². The number of aromatic amines is 1. The van der Waals surface area contributed by atoms with Gasteiger partial charge in [0.1, 0.15) is 5.69 Å². The summed E-state index contributed by atoms with van der Waals surface area (Å²) in [7, 11) is 0. The van der Waals surface area contributed by atoms with Gasteiger partial charge in [-0.1, -0.05) is 17.7 Å². The SMILES string of the molecule is Cc1ccc(NC(=O)c2[nH]ncc2C)c(C)c1. The van der Waals surface area contributed by atoms with Crippen molar-refractivity contribution in [2.24, 2.45) is 0 Å². The number of nitrogens with zero attached hydrogens (tertiary/aromatic N) is 1. The molecule has 0 atom stereocenters. The van der Waals surface area contributed by atoms with Crippen molar-refractivity contribution in [2.45, 2.75) is 20.8 Å². The third kappa shape index (κ3) is 2.36. The second-order valence-corrected chi connectivity index (χ2v) is 4.20. The maximum atomic E-state index is 12.0. The highest BCUT2D eigenvalue weighted by atomic mass is 16.1. The van der Waals surface area contributed by atoms with Gasteiger partial charge in [-0.15, -0.1) is 0 Å². The molecule has 0 aliphatic heterocycles. The van der Waals surface area contributed by atoms with Gasteiger partial charge in [0.25, 0.3) is 5.91 Å². The Morgan fingerprint density at radius 2 is 2.00 bits per heavy atom. The minimum absolute atomic E-state index is 0.160. The Morgan fingerprint density at radius 1 is 1.24 bits per heavy atom. The molecule has 2 aromatic rings. The molecule has 2 N–H and O–H groups in total. The second-order valence-electron chi connectivity index (χ2n) is 4.20. The molecule has 0 saturated heterocycles. The lowest BCUT2D eigenvalue weighted by atomic mass is 10.1. The number of hydrogen-bond donors (Lipinski definition) is 2. The molecule has 4 heteroatoms. The fourth-order valence-corrected chi connectivity index (χ4v) is 1.71. The summed E-state index contributed by atoms with van der Waals surface area (Å²) in [5, 5.41) is 9.40. The summed E-state index contributed by atoms with van der Waals surface area (Å²) in [6, 6.07) is 5.92. The van der Waals surface area contributed by atoms with Crippen LogP contribution in [0.4, 0.5) is 5.69 Å². The van der Waals surface area contributed by atoms with Crippen molar-refractivity contribution in [3.63, 3.8) is 0 Å². The zero-order valence-electron chi connectivity index (χ0n) is 10.2. The summed E-state index contributed by atoms with van der Waals surface area (Å²) in [5.74, 6) is -0.160. The molecule has 4 nitrogen and oxygen atoms in total. The Balaban J connectivity index is 2.22. The van der Waals surface area contributed by atoms with Crippen LogP contribution in [0.25, 0.3) is 0 Å². The average molecular weight is 229 g/mol. The van der Waals surface area contributed by atoms with E-state index in [1.807, 2.05) is 39.0 Å². The van der Waals surface area contributed by atoms with E-state index in [9.17, 15) is 4.79 Å². The number of aromatic nitrogens is 2. The summed E-state index contributed by atoms with van der Waals surface area (Å²) >= 11 is 0. The molecule has 0 aliphatic carbocycles. The summed E-state index contributed by atoms with van der Waals surface area (Å²) in [4.78, 5) is 12.0. The zero-order chi connectivity index (χ0) is 12.4. The lowest BCUT2D eigenvalue weighted by Gasteiger charge is -2.08. The molecule has 17 heavy (non-hydrogen) atoms. The molecular weight excluding hydrogens is 214 g/mol. The molecule has 0 aliphatic rings. The van der Waals surface area contributed by atoms with E-state index in [0.29, 0.717) is 5.69 Å². The molecule has 0 saturated carbocycles. The quantitative estimate of drug-likeness (QED) is 0.831. The van der Waals surface area contributed by atoms with Crippen LogP contribution in [0.15, 0.2) is 24.4 Å². The maximum Gasteiger partial charge on any atom is 0.273 e. The summed E-state index contributed by atoms with van der Waals surface area (Å²) in [6.45, 7) is 5.85. The Kier molecular flexibility index (Phi) is 2.95. The Labute approximate surface area is 100 Å². The average Bonchev–Trinajstić information content (AvgIpc) is 2.68. The van der Waals surface area contributed by atoms with Crippen LogP contribution in [0.5, 0.6) is 0 Å². The molecular formula is C13H15N3O. The van der Waals surface area contributed by atoms with Gasteiger partial charge in [-0.25, -0.2) is 0 Å². The number of aryl methyl sites for hydroxylation is 3. The molecule has 0 bridgehead atoms. The van der Waals surface area contributed by atoms with E-state index >= 15 is 0 Å². The third-order valence-electron chi connectivity index (χ3n) is 2.69. The highest BCUT2D eigenvalue weighted by molar-refractivity contribution is 6.04. The predicted molar refractivity (Wildman–Crippen MR) is 67.2 cm³/mol. The van der Waals surface area contributed by atoms with Gasteiger partial charge in [0.05, 0.1) is 6.20 Å². The van der Waals surface area contributed by atoms with Crippen LogP contribution in [0.2, 0.25) is 0 Å². The van der Waals surface area contributed by atoms with Crippen LogP contribution >= 0.6 is 0 Å². The number of rotatable bonds is 2. The van der Waals surface area contributed by atoms with Crippen molar-refractivity contribution in [3.05, 3.63) is 46.8 Å². The number of nitrogens with one attached hydrogen (secondary N) is 2. The van der Waals surface area contributed by atoms with Crippen LogP contribution in [-0.2, 0) is 0 Å². The molecule has 0 unspecified atom stereocenters. The maximum absolute atomic E-state index is 12.0. The lowest BCUT2D eigenvalue weighted by molar-refractivity contribution is 0.102. The first kappa shape index (κ1) is 11.4. The van der Waals surface area contributed by atoms with Gasteiger partial charge in [0, 0.05) is 5.69 Å². The third-order valence-corrected chi connectivity index (χ3v) is 2.69. The number of carbonyl (C=O) groups is 1. The first-order valence-corrected chi connectivity index (χ1v) is 5.46. The number of benzene rings is 1. The highest BCUT2D eigenvalue weighted by Crippen LogP contribution is 2.17. The lowest BCUT2D eigenvalue weighted by Crippen LogP contribution is -2.14. The van der Waals surface area contributed by atoms with Gasteiger partial charge in [-0.2, -0.15) is 5.10 Å². The summed E-state index contributed by atoms with van der Waals surface area (Å²) in [5.41, 5.74) is 4.40. The van der Waals surface area contributed by atoms with Crippen LogP contribution in [0.1, 0.15) is 27.2 Å². The molecule has 1 aromatic heterocycles. The number of hydrogen-bond acceptors (Lipinski definition) is 2. The van der Waals surface area contributed by atoms with Crippen molar-refractivity contribution in [2.75, 3.05) is 5.32 Å². The fraction of sp³-hybridized carbons (Fsp3) is 0.231. The van der Waals surface area contributed by atoms with E-state index in [-0.39, 0.29) is 5.91 Å². The monoisotopic (exact) mass is 229 g/mol. The smallest absolute Gasteiger partial charge is 0.273 e. The van der Waals surface area contributed by atoms with Crippen LogP contribution < -0.4 is 5.32 Å². The fourth-order valence-electron chi connectivity index (χ4n) is 1.71. The van der Waals surface area contributed by atoms with Crippen molar-refractivity contribution in [1.82, 2.24) is 10.2 Å². The van der Waals surface area contributed by atoms with Gasteiger partial charge in [-0.05, 0) is 38.0 Å². The van der Waals surface area contributed by atoms with E-state index in [2.05, 4.69) is 15.5 Å². The Morgan fingerprint density at radius 3 is 2.59 bits per heavy atom. The normalized spacial score (nSPS) is 10.3. The molecule has 1 heterocycles. The molecule has 2 rings (SSSR count). The van der Waals surface area contributed by atoms with Crippen molar-refractivity contribution in [1.29, 1.82) is 0 Å². The molecule has 0 radical (unpaired) electrons. The zero-order valence-corrected chi connectivity index (χ0v) is 10.2. The topological polar surface area (TPSA) is 57.8 Å². The van der Waals surface area contributed by atoms with Gasteiger partial charge in [0.2, 0.25) is 0 Å². The molecule has 0 spiro atoms. The molecule has 1 amide bonds. The summed E-state index contributed by atoms with van der Waals surface area (Å²) < 4.78 is 0. The highest BCUT2D eigenvalue weighted by Gasteiger charge is 2.11. The van der Waals surface area contributed by atoms with Crippen LogP contribution in [0.3, 0.4) is 0 Å². The number of carbonyl (C=O) groups excluding carboxylic acids is 1. The van der Waals surface area contributed by atoms with Gasteiger partial charge >= 0.3 is 0 Å². The van der Waals surface area contributed by atoms with Crippen LogP contribution in [0, 0.1) is 20.8 Å². The van der Waals surface area contributed by atoms with E-state index in [1.165, 1.54) is 5.56 Å². The first-order valence-electron chi connectivity index (χ1n) is 5.46. The second kappa shape index (κ2) is 4.41. The molecule has 0 fully saturated rings. The predicted octanol–water partition coefficient (Wildman–Crippen LogP) is 2.59. The Hall–Kier alpha value is -2.10. The summed E-state index contributed by atoms with van der Waals surface area (Å²) in [6.07, 6.45) is 1.64. The standard InChI is InChI=1S/C13H15N3O/c1-8-4-5-11(9(2)6-8)15-13(17)12-10(3)7-14-16-12/h4-7H,1-3H3,(H,14,16)(H,15,17). The Bertz CT molecular complexity index is 558. The van der Waals surface area contributed by atoms with E-state index in [4.69, 9.17) is 0 Å². The van der Waals surface area contributed by atoms with Crippen molar-refractivity contribution in [3.8, 4) is 0 Å². The van der Waals surface area contributed by atoms with Crippen molar-refractivity contribution < 1.29 is 4.79 Å². The molecule has 1 aromatic carbocycles. The van der Waals surface area contributed by atoms with Crippen LogP contribution in [-0.4, -0.2) is 16.1 Å². The minimum atomic E-state index is -0.160. The minimum Gasteiger partial charge on any atom is -0.320 e. The molecule has 88 valence electrons.